The fourth-order valence-corrected chi connectivity index (χ4v) is 2.57. The number of anilines is 1. The van der Waals surface area contributed by atoms with E-state index in [0.29, 0.717) is 28.5 Å². The van der Waals surface area contributed by atoms with Gasteiger partial charge in [0.15, 0.2) is 0 Å². The Balaban J connectivity index is 1.99. The molecular weight excluding hydrogens is 326 g/mol. The molecule has 1 unspecified atom stereocenters. The van der Waals surface area contributed by atoms with Crippen molar-refractivity contribution in [2.45, 2.75) is 25.9 Å². The highest BCUT2D eigenvalue weighted by atomic mass is 35.5. The Hall–Kier alpha value is -2.11. The van der Waals surface area contributed by atoms with Gasteiger partial charge in [0.2, 0.25) is 0 Å². The number of aromatic nitrogens is 1. The zero-order valence-electron chi connectivity index (χ0n) is 13.8. The standard InChI is InChI=1S/C18H22ClN3O2/c1-3-10-20-17(23)13-8-9-16(21-11-13)22-12-18(2,24)14-6-4-5-7-15(14)19/h4-9,11,24H,3,10,12H2,1-2H3,(H,20,23)(H,21,22). The van der Waals surface area contributed by atoms with E-state index in [9.17, 15) is 9.90 Å². The number of amides is 1. The quantitative estimate of drug-likeness (QED) is 0.719. The van der Waals surface area contributed by atoms with E-state index in [-0.39, 0.29) is 12.5 Å². The van der Waals surface area contributed by atoms with Gasteiger partial charge < -0.3 is 15.7 Å². The Morgan fingerprint density at radius 1 is 1.29 bits per heavy atom. The summed E-state index contributed by atoms with van der Waals surface area (Å²) in [6.45, 7) is 4.56. The van der Waals surface area contributed by atoms with Crippen LogP contribution in [0, 0.1) is 0 Å². The van der Waals surface area contributed by atoms with Crippen molar-refractivity contribution in [1.29, 1.82) is 0 Å². The molecule has 1 heterocycles. The summed E-state index contributed by atoms with van der Waals surface area (Å²) < 4.78 is 0. The highest BCUT2D eigenvalue weighted by Gasteiger charge is 2.25. The van der Waals surface area contributed by atoms with Crippen LogP contribution in [0.1, 0.15) is 36.2 Å². The zero-order chi connectivity index (χ0) is 17.6. The molecule has 1 aromatic carbocycles. The minimum atomic E-state index is -1.14. The minimum Gasteiger partial charge on any atom is -0.384 e. The van der Waals surface area contributed by atoms with Crippen molar-refractivity contribution in [3.63, 3.8) is 0 Å². The molecule has 0 radical (unpaired) electrons. The molecule has 0 saturated carbocycles. The van der Waals surface area contributed by atoms with Crippen molar-refractivity contribution in [1.82, 2.24) is 10.3 Å². The van der Waals surface area contributed by atoms with Gasteiger partial charge in [-0.3, -0.25) is 4.79 Å². The van der Waals surface area contributed by atoms with Crippen LogP contribution in [0.3, 0.4) is 0 Å². The van der Waals surface area contributed by atoms with Crippen molar-refractivity contribution in [2.75, 3.05) is 18.4 Å². The van der Waals surface area contributed by atoms with Crippen LogP contribution in [0.25, 0.3) is 0 Å². The Labute approximate surface area is 147 Å². The maximum absolute atomic E-state index is 11.8. The smallest absolute Gasteiger partial charge is 0.252 e. The molecule has 0 aliphatic carbocycles. The maximum Gasteiger partial charge on any atom is 0.252 e. The normalized spacial score (nSPS) is 13.2. The summed E-state index contributed by atoms with van der Waals surface area (Å²) >= 11 is 6.14. The number of rotatable bonds is 7. The van der Waals surface area contributed by atoms with Gasteiger partial charge in [-0.15, -0.1) is 0 Å². The van der Waals surface area contributed by atoms with Crippen LogP contribution in [0.5, 0.6) is 0 Å². The number of carbonyl (C=O) groups excluding carboxylic acids is 1. The van der Waals surface area contributed by atoms with Gasteiger partial charge in [-0.2, -0.15) is 0 Å². The molecular formula is C18H22ClN3O2. The van der Waals surface area contributed by atoms with E-state index in [1.54, 1.807) is 31.2 Å². The third-order valence-electron chi connectivity index (χ3n) is 3.63. The summed E-state index contributed by atoms with van der Waals surface area (Å²) in [4.78, 5) is 16.0. The van der Waals surface area contributed by atoms with Crippen LogP contribution in [0.15, 0.2) is 42.6 Å². The second kappa shape index (κ2) is 8.13. The Morgan fingerprint density at radius 3 is 2.67 bits per heavy atom. The molecule has 1 atom stereocenters. The van der Waals surface area contributed by atoms with Gasteiger partial charge >= 0.3 is 0 Å². The van der Waals surface area contributed by atoms with Gasteiger partial charge in [0.25, 0.3) is 5.91 Å². The van der Waals surface area contributed by atoms with Gasteiger partial charge in [-0.05, 0) is 31.5 Å². The Kier molecular flexibility index (Phi) is 6.17. The summed E-state index contributed by atoms with van der Waals surface area (Å²) in [6, 6.07) is 10.6. The van der Waals surface area contributed by atoms with Crippen LogP contribution in [-0.2, 0) is 5.60 Å². The molecule has 0 bridgehead atoms. The molecule has 5 nitrogen and oxygen atoms in total. The van der Waals surface area contributed by atoms with Gasteiger partial charge in [0.05, 0.1) is 5.56 Å². The van der Waals surface area contributed by atoms with Gasteiger partial charge in [-0.1, -0.05) is 36.7 Å². The fourth-order valence-electron chi connectivity index (χ4n) is 2.23. The lowest BCUT2D eigenvalue weighted by Crippen LogP contribution is -2.31. The largest absolute Gasteiger partial charge is 0.384 e. The number of nitrogens with one attached hydrogen (secondary N) is 2. The number of carbonyl (C=O) groups is 1. The van der Waals surface area contributed by atoms with E-state index in [1.807, 2.05) is 19.1 Å². The van der Waals surface area contributed by atoms with Crippen LogP contribution in [0.4, 0.5) is 5.82 Å². The van der Waals surface area contributed by atoms with Crippen molar-refractivity contribution < 1.29 is 9.90 Å². The monoisotopic (exact) mass is 347 g/mol. The first kappa shape index (κ1) is 18.2. The minimum absolute atomic E-state index is 0.140. The number of pyridine rings is 1. The van der Waals surface area contributed by atoms with Crippen LogP contribution < -0.4 is 10.6 Å². The number of hydrogen-bond donors (Lipinski definition) is 3. The van der Waals surface area contributed by atoms with Crippen LogP contribution in [0.2, 0.25) is 5.02 Å². The van der Waals surface area contributed by atoms with E-state index in [4.69, 9.17) is 11.6 Å². The molecule has 128 valence electrons. The average molecular weight is 348 g/mol. The van der Waals surface area contributed by atoms with E-state index in [2.05, 4.69) is 15.6 Å². The molecule has 0 aliphatic heterocycles. The highest BCUT2D eigenvalue weighted by molar-refractivity contribution is 6.31. The summed E-state index contributed by atoms with van der Waals surface area (Å²) in [6.07, 6.45) is 2.40. The van der Waals surface area contributed by atoms with Gasteiger partial charge in [0.1, 0.15) is 11.4 Å². The van der Waals surface area contributed by atoms with E-state index in [0.717, 1.165) is 6.42 Å². The molecule has 0 fully saturated rings. The van der Waals surface area contributed by atoms with Gasteiger partial charge in [-0.25, -0.2) is 4.98 Å². The van der Waals surface area contributed by atoms with Crippen LogP contribution >= 0.6 is 11.6 Å². The molecule has 0 saturated heterocycles. The van der Waals surface area contributed by atoms with Crippen molar-refractivity contribution >= 4 is 23.3 Å². The second-order valence-corrected chi connectivity index (χ2v) is 6.20. The molecule has 0 aliphatic rings. The maximum atomic E-state index is 11.8. The van der Waals surface area contributed by atoms with Crippen LogP contribution in [-0.4, -0.2) is 29.1 Å². The first-order valence-corrected chi connectivity index (χ1v) is 8.27. The predicted molar refractivity (Wildman–Crippen MR) is 96.4 cm³/mol. The third-order valence-corrected chi connectivity index (χ3v) is 3.96. The number of benzene rings is 1. The molecule has 24 heavy (non-hydrogen) atoms. The summed E-state index contributed by atoms with van der Waals surface area (Å²) in [7, 11) is 0. The van der Waals surface area contributed by atoms with Crippen molar-refractivity contribution in [3.05, 3.63) is 58.7 Å². The first-order chi connectivity index (χ1) is 11.4. The van der Waals surface area contributed by atoms with E-state index >= 15 is 0 Å². The summed E-state index contributed by atoms with van der Waals surface area (Å²) in [5.41, 5.74) is 0.0126. The lowest BCUT2D eigenvalue weighted by atomic mass is 9.96. The topological polar surface area (TPSA) is 74.2 Å². The zero-order valence-corrected chi connectivity index (χ0v) is 14.6. The molecule has 0 spiro atoms. The summed E-state index contributed by atoms with van der Waals surface area (Å²) in [5.74, 6) is 0.438. The molecule has 2 aromatic rings. The number of aliphatic hydroxyl groups is 1. The summed E-state index contributed by atoms with van der Waals surface area (Å²) in [5, 5.41) is 17.0. The fraction of sp³-hybridized carbons (Fsp3) is 0.333. The van der Waals surface area contributed by atoms with E-state index in [1.165, 1.54) is 6.20 Å². The van der Waals surface area contributed by atoms with E-state index < -0.39 is 5.60 Å². The molecule has 3 N–H and O–H groups in total. The Bertz CT molecular complexity index is 687. The lowest BCUT2D eigenvalue weighted by molar-refractivity contribution is 0.0715. The van der Waals surface area contributed by atoms with Crippen molar-refractivity contribution in [2.24, 2.45) is 0 Å². The Morgan fingerprint density at radius 2 is 2.04 bits per heavy atom. The van der Waals surface area contributed by atoms with Gasteiger partial charge in [0, 0.05) is 29.9 Å². The first-order valence-electron chi connectivity index (χ1n) is 7.89. The second-order valence-electron chi connectivity index (χ2n) is 5.80. The molecule has 1 aromatic heterocycles. The number of halogens is 1. The highest BCUT2D eigenvalue weighted by Crippen LogP contribution is 2.27. The third kappa shape index (κ3) is 4.69. The van der Waals surface area contributed by atoms with Crippen molar-refractivity contribution in [3.8, 4) is 0 Å². The predicted octanol–water partition coefficient (Wildman–Crippen LogP) is 3.19. The molecule has 2 rings (SSSR count). The molecule has 6 heteroatoms. The average Bonchev–Trinajstić information content (AvgIpc) is 2.58. The number of hydrogen-bond acceptors (Lipinski definition) is 4. The number of nitrogens with zero attached hydrogens (tertiary/aromatic N) is 1. The lowest BCUT2D eigenvalue weighted by Gasteiger charge is -2.25. The molecule has 1 amide bonds. The SMILES string of the molecule is CCCNC(=O)c1ccc(NCC(C)(O)c2ccccc2Cl)nc1.